The highest BCUT2D eigenvalue weighted by Crippen LogP contribution is 2.14. The minimum Gasteiger partial charge on any atom is -0.350 e. The molecule has 0 atom stereocenters. The van der Waals surface area contributed by atoms with Crippen LogP contribution >= 0.6 is 23.1 Å². The molecule has 3 aromatic rings. The average molecular weight is 346 g/mol. The predicted octanol–water partition coefficient (Wildman–Crippen LogP) is 2.10. The van der Waals surface area contributed by atoms with E-state index in [0.717, 1.165) is 10.7 Å². The van der Waals surface area contributed by atoms with Gasteiger partial charge < -0.3 is 10.3 Å². The summed E-state index contributed by atoms with van der Waals surface area (Å²) in [4.78, 5) is 35.1. The molecule has 23 heavy (non-hydrogen) atoms. The van der Waals surface area contributed by atoms with Crippen LogP contribution in [-0.4, -0.2) is 26.6 Å². The summed E-state index contributed by atoms with van der Waals surface area (Å²) in [6.45, 7) is 2.33. The first kappa shape index (κ1) is 15.7. The van der Waals surface area contributed by atoms with E-state index in [4.69, 9.17) is 0 Å². The molecule has 0 unspecified atom stereocenters. The first-order chi connectivity index (χ1) is 11.1. The van der Waals surface area contributed by atoms with Crippen LogP contribution in [0.25, 0.3) is 10.9 Å². The Morgan fingerprint density at radius 2 is 2.17 bits per heavy atom. The van der Waals surface area contributed by atoms with Gasteiger partial charge in [0.05, 0.1) is 33.9 Å². The maximum absolute atomic E-state index is 11.9. The van der Waals surface area contributed by atoms with Gasteiger partial charge in [-0.3, -0.25) is 9.59 Å². The topological polar surface area (TPSA) is 87.7 Å². The fraction of sp³-hybridized carbons (Fsp3) is 0.200. The molecule has 0 saturated carbocycles. The largest absolute Gasteiger partial charge is 0.350 e. The normalized spacial score (nSPS) is 10.8. The van der Waals surface area contributed by atoms with Crippen molar-refractivity contribution in [3.05, 3.63) is 50.7 Å². The third-order valence-corrected chi connectivity index (χ3v) is 4.76. The maximum Gasteiger partial charge on any atom is 0.259 e. The van der Waals surface area contributed by atoms with E-state index >= 15 is 0 Å². The first-order valence-corrected chi connectivity index (χ1v) is 8.78. The number of thiazole rings is 1. The molecule has 0 aliphatic rings. The lowest BCUT2D eigenvalue weighted by Gasteiger charge is -2.04. The molecular weight excluding hydrogens is 332 g/mol. The van der Waals surface area contributed by atoms with Crippen LogP contribution in [0.1, 0.15) is 10.7 Å². The summed E-state index contributed by atoms with van der Waals surface area (Å²) in [5, 5.41) is 6.67. The van der Waals surface area contributed by atoms with E-state index in [-0.39, 0.29) is 17.2 Å². The standard InChI is InChI=1S/C15H14N4O2S2/c1-9-17-10(7-22-9)6-16-13(20)8-23-15-18-12-5-3-2-4-11(12)14(21)19-15/h2-5,7H,6,8H2,1H3,(H,16,20)(H,18,19,21). The number of carbonyl (C=O) groups excluding carboxylic acids is 1. The summed E-state index contributed by atoms with van der Waals surface area (Å²) in [5.41, 5.74) is 1.27. The van der Waals surface area contributed by atoms with E-state index in [2.05, 4.69) is 20.3 Å². The highest BCUT2D eigenvalue weighted by atomic mass is 32.2. The second-order valence-electron chi connectivity index (χ2n) is 4.81. The van der Waals surface area contributed by atoms with Crippen molar-refractivity contribution in [1.29, 1.82) is 0 Å². The quantitative estimate of drug-likeness (QED) is 0.546. The Morgan fingerprint density at radius 3 is 2.96 bits per heavy atom. The molecule has 1 amide bonds. The van der Waals surface area contributed by atoms with Crippen molar-refractivity contribution < 1.29 is 4.79 Å². The highest BCUT2D eigenvalue weighted by molar-refractivity contribution is 7.99. The molecule has 0 saturated heterocycles. The number of aromatic nitrogens is 3. The number of para-hydroxylation sites is 1. The fourth-order valence-corrected chi connectivity index (χ4v) is 3.31. The van der Waals surface area contributed by atoms with Crippen molar-refractivity contribution in [2.45, 2.75) is 18.6 Å². The molecule has 2 heterocycles. The maximum atomic E-state index is 11.9. The van der Waals surface area contributed by atoms with E-state index in [0.29, 0.717) is 22.6 Å². The van der Waals surface area contributed by atoms with Crippen molar-refractivity contribution in [3.8, 4) is 0 Å². The number of amides is 1. The molecule has 3 rings (SSSR count). The van der Waals surface area contributed by atoms with Crippen molar-refractivity contribution in [1.82, 2.24) is 20.3 Å². The van der Waals surface area contributed by atoms with Gasteiger partial charge >= 0.3 is 0 Å². The number of hydrogen-bond acceptors (Lipinski definition) is 6. The Hall–Kier alpha value is -2.19. The molecule has 0 aliphatic carbocycles. The number of hydrogen-bond donors (Lipinski definition) is 2. The van der Waals surface area contributed by atoms with Gasteiger partial charge in [-0.15, -0.1) is 11.3 Å². The van der Waals surface area contributed by atoms with Gasteiger partial charge in [-0.1, -0.05) is 23.9 Å². The van der Waals surface area contributed by atoms with Crippen molar-refractivity contribution in [2.75, 3.05) is 5.75 Å². The number of nitrogens with one attached hydrogen (secondary N) is 2. The van der Waals surface area contributed by atoms with E-state index in [1.54, 1.807) is 29.5 Å². The summed E-state index contributed by atoms with van der Waals surface area (Å²) in [6, 6.07) is 7.11. The Morgan fingerprint density at radius 1 is 1.35 bits per heavy atom. The zero-order valence-corrected chi connectivity index (χ0v) is 14.0. The molecule has 2 N–H and O–H groups in total. The lowest BCUT2D eigenvalue weighted by molar-refractivity contribution is -0.118. The number of rotatable bonds is 5. The smallest absolute Gasteiger partial charge is 0.259 e. The number of carbonyl (C=O) groups is 1. The van der Waals surface area contributed by atoms with Crippen LogP contribution in [0.3, 0.4) is 0 Å². The summed E-state index contributed by atoms with van der Waals surface area (Å²) in [7, 11) is 0. The number of fused-ring (bicyclic) bond motifs is 1. The summed E-state index contributed by atoms with van der Waals surface area (Å²) >= 11 is 2.75. The summed E-state index contributed by atoms with van der Waals surface area (Å²) in [6.07, 6.45) is 0. The van der Waals surface area contributed by atoms with E-state index in [9.17, 15) is 9.59 Å². The summed E-state index contributed by atoms with van der Waals surface area (Å²) < 4.78 is 0. The summed E-state index contributed by atoms with van der Waals surface area (Å²) in [5.74, 6) is 0.0566. The zero-order chi connectivity index (χ0) is 16.2. The fourth-order valence-electron chi connectivity index (χ4n) is 2.00. The van der Waals surface area contributed by atoms with Crippen molar-refractivity contribution in [3.63, 3.8) is 0 Å². The minimum absolute atomic E-state index is 0.128. The van der Waals surface area contributed by atoms with Crippen LogP contribution in [0.15, 0.2) is 39.6 Å². The van der Waals surface area contributed by atoms with Gasteiger partial charge in [-0.25, -0.2) is 9.97 Å². The van der Waals surface area contributed by atoms with Gasteiger partial charge in [0.25, 0.3) is 5.56 Å². The second-order valence-corrected chi connectivity index (χ2v) is 6.84. The Bertz CT molecular complexity index is 904. The van der Waals surface area contributed by atoms with E-state index in [1.807, 2.05) is 18.4 Å². The number of benzene rings is 1. The molecule has 1 aromatic carbocycles. The van der Waals surface area contributed by atoms with Gasteiger partial charge in [0.2, 0.25) is 5.91 Å². The Balaban J connectivity index is 1.59. The molecule has 2 aromatic heterocycles. The van der Waals surface area contributed by atoms with Gasteiger partial charge in [0.15, 0.2) is 5.16 Å². The molecule has 0 bridgehead atoms. The van der Waals surface area contributed by atoms with Crippen LogP contribution < -0.4 is 10.9 Å². The molecule has 0 fully saturated rings. The molecular formula is C15H14N4O2S2. The molecule has 0 spiro atoms. The Kier molecular flexibility index (Phi) is 4.73. The van der Waals surface area contributed by atoms with Gasteiger partial charge in [0, 0.05) is 5.38 Å². The molecule has 0 radical (unpaired) electrons. The lowest BCUT2D eigenvalue weighted by atomic mass is 10.2. The van der Waals surface area contributed by atoms with Crippen LogP contribution in [0.4, 0.5) is 0 Å². The van der Waals surface area contributed by atoms with Crippen LogP contribution in [0, 0.1) is 6.92 Å². The average Bonchev–Trinajstić information content (AvgIpc) is 2.96. The molecule has 0 aliphatic heterocycles. The third kappa shape index (κ3) is 3.96. The monoisotopic (exact) mass is 346 g/mol. The number of aryl methyl sites for hydroxylation is 1. The third-order valence-electron chi connectivity index (χ3n) is 3.06. The first-order valence-electron chi connectivity index (χ1n) is 6.91. The SMILES string of the molecule is Cc1nc(CNC(=O)CSc2nc3ccccc3c(=O)[nH]2)cs1. The zero-order valence-electron chi connectivity index (χ0n) is 12.3. The van der Waals surface area contributed by atoms with Gasteiger partial charge in [-0.05, 0) is 19.1 Å². The molecule has 6 nitrogen and oxygen atoms in total. The Labute approximate surface area is 140 Å². The van der Waals surface area contributed by atoms with Gasteiger partial charge in [0.1, 0.15) is 0 Å². The minimum atomic E-state index is -0.198. The van der Waals surface area contributed by atoms with Crippen LogP contribution in [-0.2, 0) is 11.3 Å². The number of aromatic amines is 1. The van der Waals surface area contributed by atoms with Crippen LogP contribution in [0.2, 0.25) is 0 Å². The van der Waals surface area contributed by atoms with Crippen molar-refractivity contribution in [2.24, 2.45) is 0 Å². The number of nitrogens with zero attached hydrogens (tertiary/aromatic N) is 2. The van der Waals surface area contributed by atoms with Crippen LogP contribution in [0.5, 0.6) is 0 Å². The van der Waals surface area contributed by atoms with Crippen molar-refractivity contribution >= 4 is 39.9 Å². The number of thioether (sulfide) groups is 1. The highest BCUT2D eigenvalue weighted by Gasteiger charge is 2.08. The van der Waals surface area contributed by atoms with E-state index in [1.165, 1.54) is 11.8 Å². The number of H-pyrrole nitrogens is 1. The second kappa shape index (κ2) is 6.93. The van der Waals surface area contributed by atoms with E-state index < -0.39 is 0 Å². The molecule has 8 heteroatoms. The predicted molar refractivity (Wildman–Crippen MR) is 91.8 cm³/mol. The lowest BCUT2D eigenvalue weighted by Crippen LogP contribution is -2.25. The van der Waals surface area contributed by atoms with Gasteiger partial charge in [-0.2, -0.15) is 0 Å². The molecule has 118 valence electrons.